The van der Waals surface area contributed by atoms with Crippen LogP contribution in [-0.2, 0) is 17.8 Å². The van der Waals surface area contributed by atoms with Crippen molar-refractivity contribution in [3.63, 3.8) is 0 Å². The number of carbonyl (C=O) groups excluding carboxylic acids is 2. The van der Waals surface area contributed by atoms with Gasteiger partial charge in [0.15, 0.2) is 10.9 Å². The number of benzene rings is 1. The van der Waals surface area contributed by atoms with Crippen molar-refractivity contribution in [2.75, 3.05) is 12.4 Å². The summed E-state index contributed by atoms with van der Waals surface area (Å²) in [5.74, 6) is 0.423. The van der Waals surface area contributed by atoms with E-state index in [1.807, 2.05) is 24.3 Å². The first-order chi connectivity index (χ1) is 12.6. The normalized spacial score (nSPS) is 10.3. The Morgan fingerprint density at radius 2 is 2.15 bits per heavy atom. The third-order valence-corrected chi connectivity index (χ3v) is 4.29. The van der Waals surface area contributed by atoms with Crippen LogP contribution in [0.3, 0.4) is 0 Å². The molecule has 0 atom stereocenters. The molecule has 2 aromatic heterocycles. The predicted octanol–water partition coefficient (Wildman–Crippen LogP) is 2.86. The van der Waals surface area contributed by atoms with E-state index in [9.17, 15) is 9.59 Å². The highest BCUT2D eigenvalue weighted by Gasteiger charge is 2.12. The molecular weight excluding hydrogens is 354 g/mol. The van der Waals surface area contributed by atoms with Crippen LogP contribution in [0.2, 0.25) is 0 Å². The summed E-state index contributed by atoms with van der Waals surface area (Å²) in [6.07, 6.45) is 1.56. The smallest absolute Gasteiger partial charge is 0.293 e. The van der Waals surface area contributed by atoms with Crippen molar-refractivity contribution in [3.8, 4) is 5.75 Å². The van der Waals surface area contributed by atoms with Crippen molar-refractivity contribution in [2.24, 2.45) is 0 Å². The molecule has 0 bridgehead atoms. The highest BCUT2D eigenvalue weighted by Crippen LogP contribution is 2.17. The molecule has 0 spiro atoms. The summed E-state index contributed by atoms with van der Waals surface area (Å²) in [5.41, 5.74) is 1.54. The Bertz CT molecular complexity index is 889. The molecule has 8 heteroatoms. The quantitative estimate of drug-likeness (QED) is 0.666. The molecule has 0 fully saturated rings. The SMILES string of the molecule is COc1cccc(CNC(=O)Cc2csc(NC(=O)c3ccco3)n2)c1. The lowest BCUT2D eigenvalue weighted by molar-refractivity contribution is -0.120. The number of aromatic nitrogens is 1. The van der Waals surface area contributed by atoms with Gasteiger partial charge in [-0.3, -0.25) is 14.9 Å². The number of thiazole rings is 1. The molecule has 0 aliphatic rings. The molecule has 0 saturated carbocycles. The van der Waals surface area contributed by atoms with Crippen molar-refractivity contribution < 1.29 is 18.7 Å². The van der Waals surface area contributed by atoms with Gasteiger partial charge in [-0.15, -0.1) is 11.3 Å². The van der Waals surface area contributed by atoms with Gasteiger partial charge in [0.25, 0.3) is 5.91 Å². The third-order valence-electron chi connectivity index (χ3n) is 3.48. The Morgan fingerprint density at radius 1 is 1.27 bits per heavy atom. The fourth-order valence-corrected chi connectivity index (χ4v) is 2.93. The number of furan rings is 1. The first-order valence-corrected chi connectivity index (χ1v) is 8.71. The predicted molar refractivity (Wildman–Crippen MR) is 97.3 cm³/mol. The fraction of sp³-hybridized carbons (Fsp3) is 0.167. The van der Waals surface area contributed by atoms with Crippen LogP contribution >= 0.6 is 11.3 Å². The summed E-state index contributed by atoms with van der Waals surface area (Å²) >= 11 is 1.26. The van der Waals surface area contributed by atoms with Crippen LogP contribution in [0, 0.1) is 0 Å². The van der Waals surface area contributed by atoms with Crippen LogP contribution in [0.25, 0.3) is 0 Å². The van der Waals surface area contributed by atoms with Crippen molar-refractivity contribution in [2.45, 2.75) is 13.0 Å². The van der Waals surface area contributed by atoms with Crippen LogP contribution in [0.4, 0.5) is 5.13 Å². The number of hydrogen-bond acceptors (Lipinski definition) is 6. The first kappa shape index (κ1) is 17.7. The Labute approximate surface area is 154 Å². The molecule has 3 aromatic rings. The number of amides is 2. The largest absolute Gasteiger partial charge is 0.497 e. The fourth-order valence-electron chi connectivity index (χ4n) is 2.22. The molecule has 2 amide bonds. The molecule has 134 valence electrons. The maximum Gasteiger partial charge on any atom is 0.293 e. The van der Waals surface area contributed by atoms with Crippen LogP contribution < -0.4 is 15.4 Å². The number of rotatable bonds is 7. The molecule has 1 aromatic carbocycles. The van der Waals surface area contributed by atoms with Gasteiger partial charge in [0.05, 0.1) is 25.5 Å². The number of nitrogens with zero attached hydrogens (tertiary/aromatic N) is 1. The van der Waals surface area contributed by atoms with E-state index in [1.54, 1.807) is 24.6 Å². The zero-order chi connectivity index (χ0) is 18.4. The lowest BCUT2D eigenvalue weighted by Gasteiger charge is -2.06. The van der Waals surface area contributed by atoms with E-state index < -0.39 is 0 Å². The van der Waals surface area contributed by atoms with Crippen LogP contribution in [0.15, 0.2) is 52.5 Å². The van der Waals surface area contributed by atoms with Gasteiger partial charge in [-0.1, -0.05) is 12.1 Å². The van der Waals surface area contributed by atoms with Gasteiger partial charge in [0, 0.05) is 11.9 Å². The Kier molecular flexibility index (Phi) is 5.65. The van der Waals surface area contributed by atoms with Crippen molar-refractivity contribution in [1.82, 2.24) is 10.3 Å². The van der Waals surface area contributed by atoms with Crippen LogP contribution in [0.5, 0.6) is 5.75 Å². The summed E-state index contributed by atoms with van der Waals surface area (Å²) in [7, 11) is 1.60. The van der Waals surface area contributed by atoms with Crippen molar-refractivity contribution in [1.29, 1.82) is 0 Å². The van der Waals surface area contributed by atoms with E-state index in [2.05, 4.69) is 15.6 Å². The maximum absolute atomic E-state index is 12.1. The number of hydrogen-bond donors (Lipinski definition) is 2. The zero-order valence-corrected chi connectivity index (χ0v) is 14.8. The van der Waals surface area contributed by atoms with E-state index in [-0.39, 0.29) is 24.0 Å². The lowest BCUT2D eigenvalue weighted by atomic mass is 10.2. The average Bonchev–Trinajstić information content (AvgIpc) is 3.32. The minimum absolute atomic E-state index is 0.136. The lowest BCUT2D eigenvalue weighted by Crippen LogP contribution is -2.24. The van der Waals surface area contributed by atoms with Gasteiger partial charge < -0.3 is 14.5 Å². The van der Waals surface area contributed by atoms with E-state index in [0.717, 1.165) is 11.3 Å². The van der Waals surface area contributed by atoms with Gasteiger partial charge in [-0.2, -0.15) is 0 Å². The molecule has 0 saturated heterocycles. The molecule has 0 aliphatic heterocycles. The Balaban J connectivity index is 1.50. The van der Waals surface area contributed by atoms with E-state index in [1.165, 1.54) is 17.6 Å². The molecule has 0 unspecified atom stereocenters. The average molecular weight is 371 g/mol. The molecule has 2 N–H and O–H groups in total. The van der Waals surface area contributed by atoms with E-state index in [4.69, 9.17) is 9.15 Å². The van der Waals surface area contributed by atoms with Gasteiger partial charge in [-0.05, 0) is 29.8 Å². The second-order valence-electron chi connectivity index (χ2n) is 5.38. The minimum Gasteiger partial charge on any atom is -0.497 e. The summed E-state index contributed by atoms with van der Waals surface area (Å²) < 4.78 is 10.2. The summed E-state index contributed by atoms with van der Waals surface area (Å²) in [4.78, 5) is 28.2. The second kappa shape index (κ2) is 8.30. The number of carbonyl (C=O) groups is 2. The molecule has 0 aliphatic carbocycles. The Morgan fingerprint density at radius 3 is 2.92 bits per heavy atom. The van der Waals surface area contributed by atoms with Gasteiger partial charge in [0.1, 0.15) is 5.75 Å². The summed E-state index contributed by atoms with van der Waals surface area (Å²) in [6, 6.07) is 10.7. The molecular formula is C18H17N3O4S. The summed E-state index contributed by atoms with van der Waals surface area (Å²) in [6.45, 7) is 0.405. The van der Waals surface area contributed by atoms with Gasteiger partial charge in [-0.25, -0.2) is 4.98 Å². The molecule has 3 rings (SSSR count). The number of methoxy groups -OCH3 is 1. The minimum atomic E-state index is -0.377. The van der Waals surface area contributed by atoms with Gasteiger partial charge >= 0.3 is 0 Å². The van der Waals surface area contributed by atoms with E-state index >= 15 is 0 Å². The number of ether oxygens (including phenoxy) is 1. The highest BCUT2D eigenvalue weighted by molar-refractivity contribution is 7.14. The van der Waals surface area contributed by atoms with Gasteiger partial charge in [0.2, 0.25) is 5.91 Å². The maximum atomic E-state index is 12.1. The third kappa shape index (κ3) is 4.70. The van der Waals surface area contributed by atoms with Crippen molar-refractivity contribution in [3.05, 3.63) is 65.1 Å². The molecule has 0 radical (unpaired) electrons. The van der Waals surface area contributed by atoms with Crippen LogP contribution in [0.1, 0.15) is 21.8 Å². The molecule has 26 heavy (non-hydrogen) atoms. The number of anilines is 1. The number of nitrogens with one attached hydrogen (secondary N) is 2. The van der Waals surface area contributed by atoms with Crippen molar-refractivity contribution >= 4 is 28.3 Å². The zero-order valence-electron chi connectivity index (χ0n) is 14.0. The second-order valence-corrected chi connectivity index (χ2v) is 6.24. The van der Waals surface area contributed by atoms with E-state index in [0.29, 0.717) is 17.4 Å². The summed E-state index contributed by atoms with van der Waals surface area (Å²) in [5, 5.41) is 7.63. The molecule has 2 heterocycles. The standard InChI is InChI=1S/C18H17N3O4S/c1-24-14-5-2-4-12(8-14)10-19-16(22)9-13-11-26-18(20-13)21-17(23)15-6-3-7-25-15/h2-8,11H,9-10H2,1H3,(H,19,22)(H,20,21,23). The topological polar surface area (TPSA) is 93.5 Å². The molecule has 7 nitrogen and oxygen atoms in total. The van der Waals surface area contributed by atoms with Crippen LogP contribution in [-0.4, -0.2) is 23.9 Å². The Hall–Kier alpha value is -3.13. The highest BCUT2D eigenvalue weighted by atomic mass is 32.1. The first-order valence-electron chi connectivity index (χ1n) is 7.83. The monoisotopic (exact) mass is 371 g/mol.